The minimum atomic E-state index is -0.266. The highest BCUT2D eigenvalue weighted by molar-refractivity contribution is 6.33. The number of anilines is 1. The molecule has 0 unspecified atom stereocenters. The second-order valence-electron chi connectivity index (χ2n) is 3.52. The largest absolute Gasteiger partial charge is 0.323 e. The average molecular weight is 261 g/mol. The van der Waals surface area contributed by atoms with Crippen LogP contribution in [0.5, 0.6) is 0 Å². The molecule has 5 nitrogen and oxygen atoms in total. The minimum absolute atomic E-state index is 0.0219. The molecule has 0 aliphatic rings. The number of hydrogen-bond acceptors (Lipinski definition) is 3. The maximum Gasteiger partial charge on any atom is 0.244 e. The van der Waals surface area contributed by atoms with Crippen LogP contribution < -0.4 is 5.32 Å². The Bertz CT molecular complexity index is 609. The van der Waals surface area contributed by atoms with Crippen molar-refractivity contribution in [2.45, 2.75) is 6.54 Å². The molecule has 0 spiro atoms. The lowest BCUT2D eigenvalue weighted by atomic mass is 10.3. The van der Waals surface area contributed by atoms with Gasteiger partial charge in [-0.05, 0) is 12.1 Å². The Morgan fingerprint density at radius 2 is 2.28 bits per heavy atom. The van der Waals surface area contributed by atoms with Crippen LogP contribution in [0.4, 0.5) is 5.69 Å². The van der Waals surface area contributed by atoms with E-state index in [9.17, 15) is 4.79 Å². The fraction of sp³-hybridized carbons (Fsp3) is 0.0833. The van der Waals surface area contributed by atoms with Crippen molar-refractivity contribution in [3.8, 4) is 6.07 Å². The van der Waals surface area contributed by atoms with Crippen LogP contribution in [-0.2, 0) is 11.3 Å². The molecule has 0 bridgehead atoms. The summed E-state index contributed by atoms with van der Waals surface area (Å²) in [6.07, 6.45) is 3.05. The van der Waals surface area contributed by atoms with Gasteiger partial charge in [0.15, 0.2) is 0 Å². The molecule has 90 valence electrons. The maximum atomic E-state index is 11.8. The molecule has 18 heavy (non-hydrogen) atoms. The van der Waals surface area contributed by atoms with Crippen molar-refractivity contribution in [1.82, 2.24) is 9.55 Å². The number of aromatic nitrogens is 2. The summed E-state index contributed by atoms with van der Waals surface area (Å²) in [4.78, 5) is 15.6. The summed E-state index contributed by atoms with van der Waals surface area (Å²) in [6.45, 7) is 0.0219. The Morgan fingerprint density at radius 3 is 3.00 bits per heavy atom. The molecule has 2 aromatic rings. The first-order valence-electron chi connectivity index (χ1n) is 5.16. The molecular weight excluding hydrogens is 252 g/mol. The normalized spacial score (nSPS) is 9.78. The molecule has 6 heteroatoms. The van der Waals surface area contributed by atoms with Gasteiger partial charge in [-0.15, -0.1) is 0 Å². The summed E-state index contributed by atoms with van der Waals surface area (Å²) in [7, 11) is 0. The fourth-order valence-corrected chi connectivity index (χ4v) is 1.64. The number of imidazole rings is 1. The smallest absolute Gasteiger partial charge is 0.244 e. The van der Waals surface area contributed by atoms with Crippen LogP contribution >= 0.6 is 11.6 Å². The third-order valence-corrected chi connectivity index (χ3v) is 2.61. The summed E-state index contributed by atoms with van der Waals surface area (Å²) < 4.78 is 1.46. The van der Waals surface area contributed by atoms with Crippen molar-refractivity contribution in [3.05, 3.63) is 47.5 Å². The number of nitriles is 1. The summed E-state index contributed by atoms with van der Waals surface area (Å²) in [5, 5.41) is 11.9. The number of benzene rings is 1. The van der Waals surface area contributed by atoms with Gasteiger partial charge in [-0.2, -0.15) is 5.26 Å². The second-order valence-corrected chi connectivity index (χ2v) is 3.93. The van der Waals surface area contributed by atoms with E-state index in [1.807, 2.05) is 6.07 Å². The lowest BCUT2D eigenvalue weighted by Crippen LogP contribution is -2.19. The fourth-order valence-electron chi connectivity index (χ4n) is 1.46. The SMILES string of the molecule is N#Cc1nccn1CC(=O)Nc1ccccc1Cl. The van der Waals surface area contributed by atoms with E-state index in [0.717, 1.165) is 0 Å². The van der Waals surface area contributed by atoms with Crippen LogP contribution in [0.25, 0.3) is 0 Å². The van der Waals surface area contributed by atoms with Gasteiger partial charge >= 0.3 is 0 Å². The first kappa shape index (κ1) is 12.1. The molecule has 2 rings (SSSR count). The number of nitrogens with zero attached hydrogens (tertiary/aromatic N) is 3. The van der Waals surface area contributed by atoms with E-state index < -0.39 is 0 Å². The molecule has 0 atom stereocenters. The van der Waals surface area contributed by atoms with Crippen LogP contribution in [0.3, 0.4) is 0 Å². The predicted octanol–water partition coefficient (Wildman–Crippen LogP) is 2.05. The molecule has 0 saturated carbocycles. The van der Waals surface area contributed by atoms with Crippen molar-refractivity contribution >= 4 is 23.2 Å². The van der Waals surface area contributed by atoms with E-state index in [-0.39, 0.29) is 18.3 Å². The van der Waals surface area contributed by atoms with Gasteiger partial charge in [-0.3, -0.25) is 4.79 Å². The lowest BCUT2D eigenvalue weighted by Gasteiger charge is -2.07. The number of hydrogen-bond donors (Lipinski definition) is 1. The van der Waals surface area contributed by atoms with E-state index in [0.29, 0.717) is 10.7 Å². The van der Waals surface area contributed by atoms with Crippen LogP contribution in [0.1, 0.15) is 5.82 Å². The van der Waals surface area contributed by atoms with Crippen LogP contribution in [0, 0.1) is 11.3 Å². The first-order chi connectivity index (χ1) is 8.70. The third-order valence-electron chi connectivity index (χ3n) is 2.28. The number of rotatable bonds is 3. The van der Waals surface area contributed by atoms with Gasteiger partial charge in [-0.25, -0.2) is 4.98 Å². The van der Waals surface area contributed by atoms with E-state index in [2.05, 4.69) is 10.3 Å². The summed E-state index contributed by atoms with van der Waals surface area (Å²) in [5.74, 6) is -0.0677. The van der Waals surface area contributed by atoms with Gasteiger partial charge in [-0.1, -0.05) is 23.7 Å². The van der Waals surface area contributed by atoms with Crippen LogP contribution in [-0.4, -0.2) is 15.5 Å². The maximum absolute atomic E-state index is 11.8. The standard InChI is InChI=1S/C12H9ClN4O/c13-9-3-1-2-4-10(9)16-12(18)8-17-6-5-15-11(17)7-14/h1-6H,8H2,(H,16,18). The molecule has 0 aliphatic carbocycles. The Morgan fingerprint density at radius 1 is 1.50 bits per heavy atom. The molecule has 0 saturated heterocycles. The number of para-hydroxylation sites is 1. The zero-order chi connectivity index (χ0) is 13.0. The number of amides is 1. The van der Waals surface area contributed by atoms with E-state index >= 15 is 0 Å². The first-order valence-corrected chi connectivity index (χ1v) is 5.54. The van der Waals surface area contributed by atoms with Crippen molar-refractivity contribution in [2.24, 2.45) is 0 Å². The van der Waals surface area contributed by atoms with E-state index in [1.165, 1.54) is 10.8 Å². The average Bonchev–Trinajstić information content (AvgIpc) is 2.79. The monoisotopic (exact) mass is 260 g/mol. The quantitative estimate of drug-likeness (QED) is 0.918. The van der Waals surface area contributed by atoms with Crippen molar-refractivity contribution in [3.63, 3.8) is 0 Å². The highest BCUT2D eigenvalue weighted by Crippen LogP contribution is 2.20. The highest BCUT2D eigenvalue weighted by atomic mass is 35.5. The number of carbonyl (C=O) groups is 1. The molecule has 1 aromatic carbocycles. The van der Waals surface area contributed by atoms with Crippen molar-refractivity contribution in [1.29, 1.82) is 5.26 Å². The molecule has 1 heterocycles. The summed E-state index contributed by atoms with van der Waals surface area (Å²) >= 11 is 5.92. The summed E-state index contributed by atoms with van der Waals surface area (Å²) in [5.41, 5.74) is 0.544. The van der Waals surface area contributed by atoms with Gasteiger partial charge in [0, 0.05) is 12.4 Å². The topological polar surface area (TPSA) is 70.7 Å². The van der Waals surface area contributed by atoms with Crippen molar-refractivity contribution in [2.75, 3.05) is 5.32 Å². The second kappa shape index (κ2) is 5.34. The van der Waals surface area contributed by atoms with Crippen LogP contribution in [0.2, 0.25) is 5.02 Å². The highest BCUT2D eigenvalue weighted by Gasteiger charge is 2.08. The van der Waals surface area contributed by atoms with E-state index in [1.54, 1.807) is 30.5 Å². The van der Waals surface area contributed by atoms with Gasteiger partial charge < -0.3 is 9.88 Å². The Kier molecular flexibility index (Phi) is 3.60. The lowest BCUT2D eigenvalue weighted by molar-refractivity contribution is -0.116. The zero-order valence-corrected chi connectivity index (χ0v) is 10.1. The number of carbonyl (C=O) groups excluding carboxylic acids is 1. The number of halogens is 1. The Hall–Kier alpha value is -2.32. The predicted molar refractivity (Wildman–Crippen MR) is 67.0 cm³/mol. The molecule has 1 N–H and O–H groups in total. The molecule has 1 amide bonds. The van der Waals surface area contributed by atoms with E-state index in [4.69, 9.17) is 16.9 Å². The van der Waals surface area contributed by atoms with Crippen molar-refractivity contribution < 1.29 is 4.79 Å². The van der Waals surface area contributed by atoms with Gasteiger partial charge in [0.05, 0.1) is 10.7 Å². The Balaban J connectivity index is 2.06. The zero-order valence-electron chi connectivity index (χ0n) is 9.30. The molecule has 0 radical (unpaired) electrons. The molecule has 0 aliphatic heterocycles. The van der Waals surface area contributed by atoms with Gasteiger partial charge in [0.1, 0.15) is 12.6 Å². The minimum Gasteiger partial charge on any atom is -0.323 e. The Labute approximate surface area is 109 Å². The van der Waals surface area contributed by atoms with Crippen LogP contribution in [0.15, 0.2) is 36.7 Å². The van der Waals surface area contributed by atoms with Gasteiger partial charge in [0.2, 0.25) is 11.7 Å². The van der Waals surface area contributed by atoms with Gasteiger partial charge in [0.25, 0.3) is 0 Å². The molecular formula is C12H9ClN4O. The third kappa shape index (κ3) is 2.67. The summed E-state index contributed by atoms with van der Waals surface area (Å²) in [6, 6.07) is 8.86. The molecule has 0 fully saturated rings. The molecule has 1 aromatic heterocycles. The number of nitrogens with one attached hydrogen (secondary N) is 1.